The van der Waals surface area contributed by atoms with Gasteiger partial charge in [-0.05, 0) is 47.9 Å². The van der Waals surface area contributed by atoms with Gasteiger partial charge in [0.2, 0.25) is 5.89 Å². The van der Waals surface area contributed by atoms with E-state index in [4.69, 9.17) is 15.1 Å². The van der Waals surface area contributed by atoms with Gasteiger partial charge >= 0.3 is 0 Å². The monoisotopic (exact) mass is 474 g/mol. The molecule has 0 aliphatic heterocycles. The van der Waals surface area contributed by atoms with Crippen molar-refractivity contribution in [3.8, 4) is 22.8 Å². The van der Waals surface area contributed by atoms with E-state index in [1.807, 2.05) is 0 Å². The van der Waals surface area contributed by atoms with Crippen molar-refractivity contribution in [2.24, 2.45) is 11.1 Å². The number of hydrogen-bond acceptors (Lipinski definition) is 7. The molecule has 2 N–H and O–H groups in total. The minimum absolute atomic E-state index is 0.00314. The van der Waals surface area contributed by atoms with Crippen molar-refractivity contribution in [2.45, 2.75) is 38.0 Å². The summed E-state index contributed by atoms with van der Waals surface area (Å²) in [6.45, 7) is 4.28. The molecule has 2 atom stereocenters. The van der Waals surface area contributed by atoms with Crippen molar-refractivity contribution in [1.82, 2.24) is 25.1 Å². The van der Waals surface area contributed by atoms with Crippen LogP contribution in [0.15, 0.2) is 47.3 Å². The van der Waals surface area contributed by atoms with Gasteiger partial charge in [-0.2, -0.15) is 5.10 Å². The lowest BCUT2D eigenvalue weighted by Crippen LogP contribution is -2.38. The molecule has 4 aromatic rings. The summed E-state index contributed by atoms with van der Waals surface area (Å²) in [4.78, 5) is 24.7. The predicted octanol–water partition coefficient (Wildman–Crippen LogP) is 4.17. The van der Waals surface area contributed by atoms with Crippen LogP contribution in [0.3, 0.4) is 0 Å². The Morgan fingerprint density at radius 2 is 1.89 bits per heavy atom. The number of primary amides is 1. The Kier molecular flexibility index (Phi) is 4.42. The molecule has 1 fully saturated rings. The molecule has 0 spiro atoms. The highest BCUT2D eigenvalue weighted by molar-refractivity contribution is 5.90. The lowest BCUT2D eigenvalue weighted by atomic mass is 9.66. The highest BCUT2D eigenvalue weighted by atomic mass is 19.1. The maximum atomic E-state index is 14.5. The fourth-order valence-corrected chi connectivity index (χ4v) is 5.94. The van der Waals surface area contributed by atoms with E-state index in [2.05, 4.69) is 34.0 Å². The Balaban J connectivity index is 1.50. The van der Waals surface area contributed by atoms with Crippen LogP contribution in [-0.2, 0) is 5.41 Å². The minimum Gasteiger partial charge on any atom is -0.442 e. The molecular weight excluding hydrogens is 454 g/mol. The van der Waals surface area contributed by atoms with E-state index in [0.29, 0.717) is 11.4 Å². The summed E-state index contributed by atoms with van der Waals surface area (Å²) in [5.41, 5.74) is 6.99. The molecule has 1 unspecified atom stereocenters. The SMILES string of the molecule is CC1(C)[C@H]2CCC1(c1cncc(-c3nc(C(N)=O)co3)n1)c1nnc(-c3c(F)cccc3F)cc12. The minimum atomic E-state index is -0.704. The Morgan fingerprint density at radius 3 is 2.60 bits per heavy atom. The average molecular weight is 474 g/mol. The molecule has 2 aliphatic rings. The summed E-state index contributed by atoms with van der Waals surface area (Å²) >= 11 is 0. The van der Waals surface area contributed by atoms with E-state index in [1.165, 1.54) is 30.7 Å². The molecule has 3 aromatic heterocycles. The van der Waals surface area contributed by atoms with Gasteiger partial charge in [-0.3, -0.25) is 9.78 Å². The van der Waals surface area contributed by atoms with Crippen LogP contribution in [0.4, 0.5) is 8.78 Å². The highest BCUT2D eigenvalue weighted by Crippen LogP contribution is 2.69. The van der Waals surface area contributed by atoms with Gasteiger partial charge in [0, 0.05) is 6.20 Å². The number of aromatic nitrogens is 5. The van der Waals surface area contributed by atoms with Gasteiger partial charge in [0.25, 0.3) is 5.91 Å². The fourth-order valence-electron chi connectivity index (χ4n) is 5.94. The van der Waals surface area contributed by atoms with Crippen LogP contribution in [0, 0.1) is 17.0 Å². The zero-order chi connectivity index (χ0) is 24.5. The molecule has 176 valence electrons. The Morgan fingerprint density at radius 1 is 1.11 bits per heavy atom. The van der Waals surface area contributed by atoms with Crippen LogP contribution in [-0.4, -0.2) is 31.1 Å². The van der Waals surface area contributed by atoms with Gasteiger partial charge in [-0.1, -0.05) is 19.9 Å². The lowest BCUT2D eigenvalue weighted by molar-refractivity contribution is 0.0995. The first-order chi connectivity index (χ1) is 16.7. The third kappa shape index (κ3) is 2.82. The molecule has 6 rings (SSSR count). The van der Waals surface area contributed by atoms with Gasteiger partial charge in [-0.15, -0.1) is 5.10 Å². The molecule has 1 amide bonds. The first-order valence-electron chi connectivity index (χ1n) is 11.1. The third-order valence-corrected chi connectivity index (χ3v) is 7.65. The van der Waals surface area contributed by atoms with Crippen LogP contribution < -0.4 is 5.73 Å². The number of halogens is 2. The van der Waals surface area contributed by atoms with Crippen molar-refractivity contribution in [3.63, 3.8) is 0 Å². The number of amides is 1. The first kappa shape index (κ1) is 21.5. The Bertz CT molecular complexity index is 1500. The average Bonchev–Trinajstić information content (AvgIpc) is 3.48. The number of benzene rings is 1. The lowest BCUT2D eigenvalue weighted by Gasteiger charge is -2.37. The van der Waals surface area contributed by atoms with E-state index in [1.54, 1.807) is 12.3 Å². The second-order valence-electron chi connectivity index (χ2n) is 9.54. The molecule has 2 aliphatic carbocycles. The van der Waals surface area contributed by atoms with Crippen molar-refractivity contribution in [3.05, 3.63) is 77.2 Å². The Hall–Kier alpha value is -4.08. The molecule has 3 heterocycles. The van der Waals surface area contributed by atoms with Gasteiger partial charge < -0.3 is 10.2 Å². The van der Waals surface area contributed by atoms with Gasteiger partial charge in [-0.25, -0.2) is 18.7 Å². The van der Waals surface area contributed by atoms with Crippen molar-refractivity contribution in [1.29, 1.82) is 0 Å². The maximum absolute atomic E-state index is 14.5. The molecule has 35 heavy (non-hydrogen) atoms. The number of carbonyl (C=O) groups is 1. The number of carbonyl (C=O) groups excluding carboxylic acids is 1. The third-order valence-electron chi connectivity index (χ3n) is 7.65. The first-order valence-corrected chi connectivity index (χ1v) is 11.1. The molecule has 10 heteroatoms. The normalized spacial score (nSPS) is 21.8. The standard InChI is InChI=1S/C25H20F2N6O2/c1-24(2)13-6-7-25(24,19-10-29-9-17(30-19)23-31-18(11-35-23)22(28)34)21-12(13)8-16(32-33-21)20-14(26)4-3-5-15(20)27/h3-5,8-11,13H,6-7H2,1-2H3,(H2,28,34)/t13-,25?/m0/s1. The number of hydrogen-bond donors (Lipinski definition) is 1. The summed E-state index contributed by atoms with van der Waals surface area (Å²) < 4.78 is 34.3. The number of fused-ring (bicyclic) bond motifs is 5. The number of nitrogens with zero attached hydrogens (tertiary/aromatic N) is 5. The largest absolute Gasteiger partial charge is 0.442 e. The Labute approximate surface area is 198 Å². The summed E-state index contributed by atoms with van der Waals surface area (Å²) in [6, 6.07) is 5.49. The van der Waals surface area contributed by atoms with E-state index in [9.17, 15) is 13.6 Å². The topological polar surface area (TPSA) is 121 Å². The molecule has 0 saturated heterocycles. The summed E-state index contributed by atoms with van der Waals surface area (Å²) in [7, 11) is 0. The van der Waals surface area contributed by atoms with Gasteiger partial charge in [0.15, 0.2) is 5.69 Å². The summed E-state index contributed by atoms with van der Waals surface area (Å²) in [5, 5.41) is 8.76. The highest BCUT2D eigenvalue weighted by Gasteiger charge is 2.65. The van der Waals surface area contributed by atoms with Crippen molar-refractivity contribution in [2.75, 3.05) is 0 Å². The zero-order valence-electron chi connectivity index (χ0n) is 18.9. The summed E-state index contributed by atoms with van der Waals surface area (Å²) in [6.07, 6.45) is 5.98. The molecule has 1 aromatic carbocycles. The van der Waals surface area contributed by atoms with E-state index < -0.39 is 23.0 Å². The van der Waals surface area contributed by atoms with Crippen molar-refractivity contribution >= 4 is 5.91 Å². The molecule has 2 bridgehead atoms. The van der Waals surface area contributed by atoms with Crippen LogP contribution in [0.2, 0.25) is 0 Å². The van der Waals surface area contributed by atoms with E-state index >= 15 is 0 Å². The molecule has 8 nitrogen and oxygen atoms in total. The predicted molar refractivity (Wildman–Crippen MR) is 120 cm³/mol. The fraction of sp³-hybridized carbons (Fsp3) is 0.280. The van der Waals surface area contributed by atoms with E-state index in [-0.39, 0.29) is 34.2 Å². The van der Waals surface area contributed by atoms with Crippen molar-refractivity contribution < 1.29 is 18.0 Å². The van der Waals surface area contributed by atoms with Crippen LogP contribution in [0.1, 0.15) is 60.0 Å². The van der Waals surface area contributed by atoms with Crippen LogP contribution in [0.25, 0.3) is 22.8 Å². The molecular formula is C25H20F2N6O2. The maximum Gasteiger partial charge on any atom is 0.270 e. The van der Waals surface area contributed by atoms with E-state index in [0.717, 1.165) is 24.1 Å². The number of nitrogens with two attached hydrogens (primary N) is 1. The number of rotatable bonds is 4. The smallest absolute Gasteiger partial charge is 0.270 e. The number of oxazole rings is 1. The molecule has 0 radical (unpaired) electrons. The van der Waals surface area contributed by atoms with Crippen LogP contribution >= 0.6 is 0 Å². The molecule has 1 saturated carbocycles. The van der Waals surface area contributed by atoms with Gasteiger partial charge in [0.05, 0.1) is 34.3 Å². The second kappa shape index (κ2) is 7.21. The van der Waals surface area contributed by atoms with Crippen LogP contribution in [0.5, 0.6) is 0 Å². The summed E-state index contributed by atoms with van der Waals surface area (Å²) in [5.74, 6) is -1.85. The second-order valence-corrected chi connectivity index (χ2v) is 9.54. The quantitative estimate of drug-likeness (QED) is 0.471. The van der Waals surface area contributed by atoms with Gasteiger partial charge in [0.1, 0.15) is 23.6 Å². The zero-order valence-corrected chi connectivity index (χ0v) is 18.9.